The Hall–Kier alpha value is -2.82. The van der Waals surface area contributed by atoms with Gasteiger partial charge in [-0.3, -0.25) is 4.90 Å². The van der Waals surface area contributed by atoms with E-state index in [0.717, 1.165) is 5.56 Å². The lowest BCUT2D eigenvalue weighted by molar-refractivity contribution is -0.143. The lowest BCUT2D eigenvalue weighted by Crippen LogP contribution is -2.44. The maximum absolute atomic E-state index is 12.3. The molecule has 1 saturated heterocycles. The predicted octanol–water partition coefficient (Wildman–Crippen LogP) is 2.67. The van der Waals surface area contributed by atoms with Crippen molar-refractivity contribution in [3.63, 3.8) is 0 Å². The van der Waals surface area contributed by atoms with E-state index in [0.29, 0.717) is 17.7 Å². The normalized spacial score (nSPS) is 22.6. The Labute approximate surface area is 127 Å². The first-order valence-electron chi connectivity index (χ1n) is 7.07. The van der Waals surface area contributed by atoms with Crippen LogP contribution in [0.4, 0.5) is 4.79 Å². The van der Waals surface area contributed by atoms with Crippen molar-refractivity contribution in [2.45, 2.75) is 18.7 Å². The molecule has 0 saturated carbocycles. The predicted molar refractivity (Wildman–Crippen MR) is 77.1 cm³/mol. The van der Waals surface area contributed by atoms with Crippen LogP contribution in [0, 0.1) is 0 Å². The molecule has 110 valence electrons. The summed E-state index contributed by atoms with van der Waals surface area (Å²) in [6.07, 6.45) is -0.831. The molecule has 2 aliphatic heterocycles. The highest BCUT2D eigenvalue weighted by Gasteiger charge is 2.50. The lowest BCUT2D eigenvalue weighted by Gasteiger charge is -2.30. The van der Waals surface area contributed by atoms with E-state index in [4.69, 9.17) is 9.47 Å². The van der Waals surface area contributed by atoms with Gasteiger partial charge in [-0.2, -0.15) is 0 Å². The summed E-state index contributed by atoms with van der Waals surface area (Å²) in [6.45, 7) is 0. The van der Waals surface area contributed by atoms with Gasteiger partial charge in [-0.1, -0.05) is 42.5 Å². The Kier molecular flexibility index (Phi) is 2.85. The minimum Gasteiger partial charge on any atom is -0.435 e. The van der Waals surface area contributed by atoms with Crippen molar-refractivity contribution in [1.29, 1.82) is 0 Å². The molecule has 2 aromatic rings. The highest BCUT2D eigenvalue weighted by Crippen LogP contribution is 2.41. The molecule has 1 amide bonds. The van der Waals surface area contributed by atoms with Gasteiger partial charge in [-0.05, 0) is 17.7 Å². The van der Waals surface area contributed by atoms with E-state index in [1.807, 2.05) is 36.4 Å². The van der Waals surface area contributed by atoms with Gasteiger partial charge in [0, 0.05) is 6.42 Å². The van der Waals surface area contributed by atoms with E-state index in [2.05, 4.69) is 0 Å². The zero-order valence-electron chi connectivity index (χ0n) is 11.6. The van der Waals surface area contributed by atoms with Crippen LogP contribution in [0.25, 0.3) is 0 Å². The third-order valence-electron chi connectivity index (χ3n) is 3.95. The smallest absolute Gasteiger partial charge is 0.419 e. The number of hydrogen-bond donors (Lipinski definition) is 0. The van der Waals surface area contributed by atoms with Crippen LogP contribution >= 0.6 is 0 Å². The lowest BCUT2D eigenvalue weighted by atomic mass is 10.0. The number of amides is 1. The molecule has 0 bridgehead atoms. The second-order valence-electron chi connectivity index (χ2n) is 5.31. The monoisotopic (exact) mass is 295 g/mol. The third kappa shape index (κ3) is 1.94. The van der Waals surface area contributed by atoms with Crippen LogP contribution < -0.4 is 4.74 Å². The van der Waals surface area contributed by atoms with E-state index in [9.17, 15) is 9.59 Å². The molecule has 2 aliphatic rings. The number of rotatable bonds is 2. The summed E-state index contributed by atoms with van der Waals surface area (Å²) in [5.41, 5.74) is 1.67. The fourth-order valence-corrected chi connectivity index (χ4v) is 2.90. The Morgan fingerprint density at radius 1 is 0.955 bits per heavy atom. The molecular weight excluding hydrogens is 282 g/mol. The minimum absolute atomic E-state index is 0.400. The topological polar surface area (TPSA) is 55.8 Å². The van der Waals surface area contributed by atoms with Crippen molar-refractivity contribution in [3.8, 4) is 5.75 Å². The first-order valence-corrected chi connectivity index (χ1v) is 7.07. The summed E-state index contributed by atoms with van der Waals surface area (Å²) in [7, 11) is 0. The van der Waals surface area contributed by atoms with Crippen LogP contribution in [-0.4, -0.2) is 23.0 Å². The van der Waals surface area contributed by atoms with E-state index >= 15 is 0 Å². The number of carbonyl (C=O) groups is 2. The molecule has 1 unspecified atom stereocenters. The fraction of sp³-hybridized carbons (Fsp3) is 0.176. The van der Waals surface area contributed by atoms with E-state index in [-0.39, 0.29) is 0 Å². The molecule has 0 aliphatic carbocycles. The average Bonchev–Trinajstić information content (AvgIpc) is 2.86. The molecular formula is C17H13NO4. The third-order valence-corrected chi connectivity index (χ3v) is 3.95. The van der Waals surface area contributed by atoms with Gasteiger partial charge in [0.15, 0.2) is 0 Å². The first kappa shape index (κ1) is 12.9. The standard InChI is InChI=1S/C17H13NO4/c19-16-13(10-11-6-2-1-3-7-11)18-15(22-16)12-8-4-5-9-14(12)21-17(18)20/h1-9,13,15H,10H2/t13-,15?/m0/s1. The van der Waals surface area contributed by atoms with Crippen LogP contribution in [0.3, 0.4) is 0 Å². The first-order chi connectivity index (χ1) is 10.7. The average molecular weight is 295 g/mol. The van der Waals surface area contributed by atoms with Crippen molar-refractivity contribution >= 4 is 12.1 Å². The largest absolute Gasteiger partial charge is 0.435 e. The molecule has 2 aromatic carbocycles. The molecule has 5 heteroatoms. The van der Waals surface area contributed by atoms with Crippen LogP contribution in [0.5, 0.6) is 5.75 Å². The number of esters is 1. The van der Waals surface area contributed by atoms with Gasteiger partial charge in [0.1, 0.15) is 11.8 Å². The van der Waals surface area contributed by atoms with Gasteiger partial charge in [-0.25, -0.2) is 9.59 Å². The van der Waals surface area contributed by atoms with Crippen LogP contribution in [0.1, 0.15) is 17.4 Å². The van der Waals surface area contributed by atoms with Gasteiger partial charge in [0.25, 0.3) is 0 Å². The molecule has 22 heavy (non-hydrogen) atoms. The molecule has 2 atom stereocenters. The Balaban J connectivity index is 1.69. The van der Waals surface area contributed by atoms with Crippen molar-refractivity contribution in [1.82, 2.24) is 4.90 Å². The molecule has 1 fully saturated rings. The maximum Gasteiger partial charge on any atom is 0.419 e. The summed E-state index contributed by atoms with van der Waals surface area (Å²) < 4.78 is 10.7. The second kappa shape index (κ2) is 4.87. The van der Waals surface area contributed by atoms with Crippen molar-refractivity contribution < 1.29 is 19.1 Å². The fourth-order valence-electron chi connectivity index (χ4n) is 2.90. The number of ether oxygens (including phenoxy) is 2. The number of nitrogens with zero attached hydrogens (tertiary/aromatic N) is 1. The molecule has 5 nitrogen and oxygen atoms in total. The van der Waals surface area contributed by atoms with Crippen molar-refractivity contribution in [2.24, 2.45) is 0 Å². The molecule has 4 rings (SSSR count). The zero-order chi connectivity index (χ0) is 15.1. The van der Waals surface area contributed by atoms with Crippen molar-refractivity contribution in [2.75, 3.05) is 0 Å². The minimum atomic E-state index is -0.696. The summed E-state index contributed by atoms with van der Waals surface area (Å²) in [5.74, 6) is 0.0458. The van der Waals surface area contributed by atoms with Crippen LogP contribution in [-0.2, 0) is 16.0 Å². The number of fused-ring (bicyclic) bond motifs is 3. The summed E-state index contributed by atoms with van der Waals surface area (Å²) >= 11 is 0. The number of para-hydroxylation sites is 1. The van der Waals surface area contributed by atoms with E-state index < -0.39 is 24.3 Å². The number of benzene rings is 2. The maximum atomic E-state index is 12.3. The molecule has 0 aromatic heterocycles. The molecule has 2 heterocycles. The Morgan fingerprint density at radius 2 is 1.68 bits per heavy atom. The summed E-state index contributed by atoms with van der Waals surface area (Å²) in [4.78, 5) is 25.9. The molecule has 0 radical (unpaired) electrons. The highest BCUT2D eigenvalue weighted by molar-refractivity contribution is 5.87. The summed E-state index contributed by atoms with van der Waals surface area (Å²) in [5, 5.41) is 0. The number of hydrogen-bond acceptors (Lipinski definition) is 4. The van der Waals surface area contributed by atoms with Crippen LogP contribution in [0.15, 0.2) is 54.6 Å². The molecule has 0 N–H and O–H groups in total. The second-order valence-corrected chi connectivity index (χ2v) is 5.31. The van der Waals surface area contributed by atoms with Crippen LogP contribution in [0.2, 0.25) is 0 Å². The summed E-state index contributed by atoms with van der Waals surface area (Å²) in [6, 6.07) is 16.0. The van der Waals surface area contributed by atoms with Gasteiger partial charge in [0.2, 0.25) is 6.23 Å². The highest BCUT2D eigenvalue weighted by atomic mass is 16.6. The Bertz CT molecular complexity index is 743. The Morgan fingerprint density at radius 3 is 2.50 bits per heavy atom. The molecule has 0 spiro atoms. The van der Waals surface area contributed by atoms with Crippen molar-refractivity contribution in [3.05, 3.63) is 65.7 Å². The SMILES string of the molecule is O=C1OC2c3ccccc3OC(=O)N2[C@H]1Cc1ccccc1. The van der Waals surface area contributed by atoms with Gasteiger partial charge >= 0.3 is 12.1 Å². The van der Waals surface area contributed by atoms with Gasteiger partial charge < -0.3 is 9.47 Å². The van der Waals surface area contributed by atoms with Gasteiger partial charge in [0.05, 0.1) is 5.56 Å². The van der Waals surface area contributed by atoms with Gasteiger partial charge in [-0.15, -0.1) is 0 Å². The van der Waals surface area contributed by atoms with E-state index in [1.165, 1.54) is 4.90 Å². The number of carbonyl (C=O) groups excluding carboxylic acids is 2. The zero-order valence-corrected chi connectivity index (χ0v) is 11.6. The van der Waals surface area contributed by atoms with E-state index in [1.54, 1.807) is 18.2 Å². The quantitative estimate of drug-likeness (QED) is 0.799.